The lowest BCUT2D eigenvalue weighted by Gasteiger charge is -1.99. The van der Waals surface area contributed by atoms with Gasteiger partial charge in [0.15, 0.2) is 5.76 Å². The highest BCUT2D eigenvalue weighted by Gasteiger charge is 2.35. The SMILES string of the molecule is O=C1N=C(c2ccccc2)c2c(O)oc(-c3ccc(Br)cc3)c21. The average Bonchev–Trinajstić information content (AvgIpc) is 3.09. The molecule has 4 rings (SSSR count). The summed E-state index contributed by atoms with van der Waals surface area (Å²) in [6.45, 7) is 0. The second-order valence-corrected chi connectivity index (χ2v) is 6.04. The fourth-order valence-corrected chi connectivity index (χ4v) is 2.93. The van der Waals surface area contributed by atoms with E-state index in [0.717, 1.165) is 10.0 Å². The van der Waals surface area contributed by atoms with Gasteiger partial charge in [0, 0.05) is 15.6 Å². The first-order chi connectivity index (χ1) is 11.1. The standard InChI is InChI=1S/C18H10BrNO3/c19-12-8-6-11(7-9-12)16-14-13(18(22)23-16)15(20-17(14)21)10-4-2-1-3-5-10/h1-9,22H. The van der Waals surface area contributed by atoms with E-state index >= 15 is 0 Å². The Morgan fingerprint density at radius 3 is 2.30 bits per heavy atom. The highest BCUT2D eigenvalue weighted by molar-refractivity contribution is 9.10. The first-order valence-corrected chi connectivity index (χ1v) is 7.75. The third-order valence-electron chi connectivity index (χ3n) is 3.71. The maximum absolute atomic E-state index is 12.4. The molecule has 1 aromatic heterocycles. The minimum absolute atomic E-state index is 0.286. The molecule has 0 radical (unpaired) electrons. The fraction of sp³-hybridized carbons (Fsp3) is 0. The van der Waals surface area contributed by atoms with Crippen LogP contribution in [0.3, 0.4) is 0 Å². The van der Waals surface area contributed by atoms with E-state index in [2.05, 4.69) is 20.9 Å². The van der Waals surface area contributed by atoms with Crippen molar-refractivity contribution in [1.82, 2.24) is 0 Å². The van der Waals surface area contributed by atoms with E-state index in [0.29, 0.717) is 28.2 Å². The van der Waals surface area contributed by atoms with Crippen LogP contribution in [0.1, 0.15) is 21.5 Å². The van der Waals surface area contributed by atoms with E-state index in [4.69, 9.17) is 4.42 Å². The van der Waals surface area contributed by atoms with Gasteiger partial charge in [-0.1, -0.05) is 58.4 Å². The number of halogens is 1. The van der Waals surface area contributed by atoms with Crippen LogP contribution in [0.15, 0.2) is 68.5 Å². The summed E-state index contributed by atoms with van der Waals surface area (Å²) in [7, 11) is 0. The third-order valence-corrected chi connectivity index (χ3v) is 4.24. The molecule has 5 heteroatoms. The van der Waals surface area contributed by atoms with E-state index in [1.807, 2.05) is 54.6 Å². The normalized spacial score (nSPS) is 13.1. The Hall–Kier alpha value is -2.66. The monoisotopic (exact) mass is 367 g/mol. The molecule has 1 aliphatic heterocycles. The summed E-state index contributed by atoms with van der Waals surface area (Å²) in [5, 5.41) is 10.2. The number of furan rings is 1. The van der Waals surface area contributed by atoms with Gasteiger partial charge in [-0.25, -0.2) is 4.99 Å². The van der Waals surface area contributed by atoms with Crippen molar-refractivity contribution in [2.75, 3.05) is 0 Å². The molecule has 2 heterocycles. The van der Waals surface area contributed by atoms with Gasteiger partial charge in [0.05, 0.1) is 11.3 Å². The number of carbonyl (C=O) groups is 1. The Morgan fingerprint density at radius 1 is 0.913 bits per heavy atom. The van der Waals surface area contributed by atoms with Crippen LogP contribution >= 0.6 is 15.9 Å². The van der Waals surface area contributed by atoms with Gasteiger partial charge in [-0.05, 0) is 12.1 Å². The Balaban J connectivity index is 1.90. The van der Waals surface area contributed by atoms with Crippen molar-refractivity contribution in [2.24, 2.45) is 4.99 Å². The second kappa shape index (κ2) is 5.21. The molecule has 1 aliphatic rings. The van der Waals surface area contributed by atoms with Crippen molar-refractivity contribution in [3.8, 4) is 17.3 Å². The highest BCUT2D eigenvalue weighted by atomic mass is 79.9. The van der Waals surface area contributed by atoms with Gasteiger partial charge in [-0.2, -0.15) is 0 Å². The van der Waals surface area contributed by atoms with Crippen LogP contribution in [-0.2, 0) is 0 Å². The summed E-state index contributed by atoms with van der Waals surface area (Å²) in [5.74, 6) is -0.350. The summed E-state index contributed by atoms with van der Waals surface area (Å²) in [6, 6.07) is 16.6. The molecule has 2 aromatic carbocycles. The number of amides is 1. The molecule has 0 fully saturated rings. The predicted molar refractivity (Wildman–Crippen MR) is 89.9 cm³/mol. The molecule has 0 bridgehead atoms. The van der Waals surface area contributed by atoms with Gasteiger partial charge < -0.3 is 9.52 Å². The van der Waals surface area contributed by atoms with Crippen LogP contribution in [0.4, 0.5) is 0 Å². The quantitative estimate of drug-likeness (QED) is 0.729. The molecule has 0 spiro atoms. The van der Waals surface area contributed by atoms with Gasteiger partial charge >= 0.3 is 0 Å². The summed E-state index contributed by atoms with van der Waals surface area (Å²) >= 11 is 3.37. The molecule has 23 heavy (non-hydrogen) atoms. The number of aliphatic imine (C=N–C) groups is 1. The van der Waals surface area contributed by atoms with Crippen LogP contribution in [0.25, 0.3) is 11.3 Å². The fourth-order valence-electron chi connectivity index (χ4n) is 2.67. The van der Waals surface area contributed by atoms with Gasteiger partial charge in [0.1, 0.15) is 5.56 Å². The first-order valence-electron chi connectivity index (χ1n) is 6.95. The number of nitrogens with zero attached hydrogens (tertiary/aromatic N) is 1. The lowest BCUT2D eigenvalue weighted by atomic mass is 10.0. The van der Waals surface area contributed by atoms with E-state index < -0.39 is 5.91 Å². The zero-order chi connectivity index (χ0) is 16.0. The zero-order valence-electron chi connectivity index (χ0n) is 11.8. The topological polar surface area (TPSA) is 62.8 Å². The minimum atomic E-state index is -0.402. The number of aromatic hydroxyl groups is 1. The third kappa shape index (κ3) is 2.21. The molecule has 0 unspecified atom stereocenters. The first kappa shape index (κ1) is 14.0. The van der Waals surface area contributed by atoms with Gasteiger partial charge in [-0.15, -0.1) is 0 Å². The molecular weight excluding hydrogens is 358 g/mol. The van der Waals surface area contributed by atoms with Crippen LogP contribution in [0, 0.1) is 0 Å². The van der Waals surface area contributed by atoms with Crippen LogP contribution in [0.5, 0.6) is 5.95 Å². The smallest absolute Gasteiger partial charge is 0.293 e. The highest BCUT2D eigenvalue weighted by Crippen LogP contribution is 2.40. The molecular formula is C18H10BrNO3. The molecule has 1 N–H and O–H groups in total. The number of fused-ring (bicyclic) bond motifs is 1. The number of rotatable bonds is 2. The van der Waals surface area contributed by atoms with E-state index in [1.54, 1.807) is 0 Å². The summed E-state index contributed by atoms with van der Waals surface area (Å²) in [6.07, 6.45) is 0. The van der Waals surface area contributed by atoms with Crippen molar-refractivity contribution >= 4 is 27.5 Å². The van der Waals surface area contributed by atoms with Gasteiger partial charge in [0.25, 0.3) is 11.9 Å². The van der Waals surface area contributed by atoms with Gasteiger partial charge in [0.2, 0.25) is 0 Å². The Morgan fingerprint density at radius 2 is 1.61 bits per heavy atom. The molecule has 3 aromatic rings. The van der Waals surface area contributed by atoms with Crippen LogP contribution < -0.4 is 0 Å². The van der Waals surface area contributed by atoms with Crippen molar-refractivity contribution in [3.05, 3.63) is 75.8 Å². The van der Waals surface area contributed by atoms with Crippen molar-refractivity contribution in [2.45, 2.75) is 0 Å². The molecule has 0 aliphatic carbocycles. The Kier molecular flexibility index (Phi) is 3.16. The van der Waals surface area contributed by atoms with Crippen molar-refractivity contribution in [1.29, 1.82) is 0 Å². The molecule has 0 saturated carbocycles. The second-order valence-electron chi connectivity index (χ2n) is 5.12. The van der Waals surface area contributed by atoms with Crippen LogP contribution in [0.2, 0.25) is 0 Å². The predicted octanol–water partition coefficient (Wildman–Crippen LogP) is 4.41. The van der Waals surface area contributed by atoms with Gasteiger partial charge in [-0.3, -0.25) is 4.79 Å². The maximum atomic E-state index is 12.4. The number of hydrogen-bond donors (Lipinski definition) is 1. The number of benzene rings is 2. The van der Waals surface area contributed by atoms with E-state index in [1.165, 1.54) is 0 Å². The molecule has 0 saturated heterocycles. The van der Waals surface area contributed by atoms with Crippen LogP contribution in [-0.4, -0.2) is 16.7 Å². The summed E-state index contributed by atoms with van der Waals surface area (Å²) in [5.41, 5.74) is 2.58. The Labute approximate surface area is 140 Å². The van der Waals surface area contributed by atoms with E-state index in [9.17, 15) is 9.90 Å². The molecule has 0 atom stereocenters. The average molecular weight is 368 g/mol. The minimum Gasteiger partial charge on any atom is -0.480 e. The molecule has 4 nitrogen and oxygen atoms in total. The van der Waals surface area contributed by atoms with Crippen molar-refractivity contribution in [3.63, 3.8) is 0 Å². The molecule has 1 amide bonds. The maximum Gasteiger partial charge on any atom is 0.293 e. The Bertz CT molecular complexity index is 940. The largest absolute Gasteiger partial charge is 0.480 e. The summed E-state index contributed by atoms with van der Waals surface area (Å²) in [4.78, 5) is 16.5. The zero-order valence-corrected chi connectivity index (χ0v) is 13.4. The number of carbonyl (C=O) groups excluding carboxylic acids is 1. The van der Waals surface area contributed by atoms with E-state index in [-0.39, 0.29) is 5.95 Å². The lowest BCUT2D eigenvalue weighted by molar-refractivity contribution is 0.101. The van der Waals surface area contributed by atoms with Crippen molar-refractivity contribution < 1.29 is 14.3 Å². The lowest BCUT2D eigenvalue weighted by Crippen LogP contribution is -1.98. The number of hydrogen-bond acceptors (Lipinski definition) is 3. The molecule has 112 valence electrons. The summed E-state index contributed by atoms with van der Waals surface area (Å²) < 4.78 is 6.39.